The summed E-state index contributed by atoms with van der Waals surface area (Å²) in [5.74, 6) is 2.33. The first-order valence-electron chi connectivity index (χ1n) is 7.62. The van der Waals surface area contributed by atoms with Gasteiger partial charge in [-0.05, 0) is 45.0 Å². The standard InChI is InChI=1S/C17H23N3O2S/c1-12(2)20-16(11-13(3)19-20)18-17(21)9-10-23-15-7-5-14(22-4)6-8-15/h5-8,11-12H,9-10H2,1-4H3,(H,18,21). The number of rotatable bonds is 7. The Balaban J connectivity index is 1.83. The van der Waals surface area contributed by atoms with E-state index in [1.165, 1.54) is 0 Å². The fourth-order valence-corrected chi connectivity index (χ4v) is 2.99. The van der Waals surface area contributed by atoms with Gasteiger partial charge in [0, 0.05) is 29.2 Å². The molecule has 0 saturated heterocycles. The summed E-state index contributed by atoms with van der Waals surface area (Å²) in [5, 5.41) is 7.34. The average Bonchev–Trinajstić information content (AvgIpc) is 2.88. The number of nitrogens with one attached hydrogen (secondary N) is 1. The number of aryl methyl sites for hydroxylation is 1. The van der Waals surface area contributed by atoms with Gasteiger partial charge in [0.1, 0.15) is 11.6 Å². The van der Waals surface area contributed by atoms with Crippen molar-refractivity contribution in [2.45, 2.75) is 38.1 Å². The molecule has 0 aliphatic rings. The monoisotopic (exact) mass is 333 g/mol. The summed E-state index contributed by atoms with van der Waals surface area (Å²) >= 11 is 1.66. The number of hydrogen-bond acceptors (Lipinski definition) is 4. The maximum absolute atomic E-state index is 12.1. The van der Waals surface area contributed by atoms with Crippen LogP contribution in [0.25, 0.3) is 0 Å². The molecule has 0 unspecified atom stereocenters. The summed E-state index contributed by atoms with van der Waals surface area (Å²) < 4.78 is 6.97. The van der Waals surface area contributed by atoms with E-state index < -0.39 is 0 Å². The minimum Gasteiger partial charge on any atom is -0.497 e. The molecule has 0 bridgehead atoms. The van der Waals surface area contributed by atoms with E-state index in [0.29, 0.717) is 6.42 Å². The van der Waals surface area contributed by atoms with Gasteiger partial charge in [-0.2, -0.15) is 5.10 Å². The zero-order valence-electron chi connectivity index (χ0n) is 14.0. The van der Waals surface area contributed by atoms with Crippen LogP contribution in [0.3, 0.4) is 0 Å². The van der Waals surface area contributed by atoms with E-state index >= 15 is 0 Å². The van der Waals surface area contributed by atoms with E-state index in [-0.39, 0.29) is 11.9 Å². The predicted octanol–water partition coefficient (Wildman–Crippen LogP) is 3.90. The van der Waals surface area contributed by atoms with Crippen molar-refractivity contribution in [2.75, 3.05) is 18.2 Å². The van der Waals surface area contributed by atoms with Crippen LogP contribution in [-0.4, -0.2) is 28.6 Å². The molecule has 0 aliphatic carbocycles. The normalized spacial score (nSPS) is 10.8. The van der Waals surface area contributed by atoms with Gasteiger partial charge < -0.3 is 10.1 Å². The third kappa shape index (κ3) is 5.03. The lowest BCUT2D eigenvalue weighted by Crippen LogP contribution is -2.16. The summed E-state index contributed by atoms with van der Waals surface area (Å²) in [7, 11) is 1.65. The minimum atomic E-state index is 0.00723. The number of anilines is 1. The molecule has 1 heterocycles. The summed E-state index contributed by atoms with van der Waals surface area (Å²) in [5.41, 5.74) is 0.904. The summed E-state index contributed by atoms with van der Waals surface area (Å²) in [6.07, 6.45) is 0.457. The quantitative estimate of drug-likeness (QED) is 0.781. The number of aromatic nitrogens is 2. The Hall–Kier alpha value is -1.95. The first-order valence-corrected chi connectivity index (χ1v) is 8.61. The van der Waals surface area contributed by atoms with Crippen molar-refractivity contribution in [3.05, 3.63) is 36.0 Å². The molecule has 0 radical (unpaired) electrons. The molecule has 2 aromatic rings. The molecule has 1 aromatic carbocycles. The predicted molar refractivity (Wildman–Crippen MR) is 94.3 cm³/mol. The Morgan fingerprint density at radius 3 is 2.65 bits per heavy atom. The van der Waals surface area contributed by atoms with Crippen LogP contribution in [0.4, 0.5) is 5.82 Å². The summed E-state index contributed by atoms with van der Waals surface area (Å²) in [4.78, 5) is 13.2. The zero-order chi connectivity index (χ0) is 16.8. The van der Waals surface area contributed by atoms with Crippen LogP contribution < -0.4 is 10.1 Å². The number of carbonyl (C=O) groups is 1. The first-order chi connectivity index (χ1) is 11.0. The van der Waals surface area contributed by atoms with Gasteiger partial charge in [0.05, 0.1) is 12.8 Å². The molecule has 0 aliphatic heterocycles. The molecule has 5 nitrogen and oxygen atoms in total. The Labute approximate surface area is 141 Å². The molecule has 23 heavy (non-hydrogen) atoms. The SMILES string of the molecule is COc1ccc(SCCC(=O)Nc2cc(C)nn2C(C)C)cc1. The maximum Gasteiger partial charge on any atom is 0.226 e. The highest BCUT2D eigenvalue weighted by molar-refractivity contribution is 7.99. The number of thioether (sulfide) groups is 1. The highest BCUT2D eigenvalue weighted by atomic mass is 32.2. The lowest BCUT2D eigenvalue weighted by atomic mass is 10.3. The Kier molecular flexibility index (Phi) is 6.10. The van der Waals surface area contributed by atoms with Crippen molar-refractivity contribution >= 4 is 23.5 Å². The molecule has 0 spiro atoms. The van der Waals surface area contributed by atoms with Crippen molar-refractivity contribution in [1.82, 2.24) is 9.78 Å². The highest BCUT2D eigenvalue weighted by Gasteiger charge is 2.11. The second kappa shape index (κ2) is 8.06. The van der Waals surface area contributed by atoms with E-state index in [2.05, 4.69) is 10.4 Å². The second-order valence-electron chi connectivity index (χ2n) is 5.53. The number of ether oxygens (including phenoxy) is 1. The van der Waals surface area contributed by atoms with Gasteiger partial charge in [-0.25, -0.2) is 4.68 Å². The van der Waals surface area contributed by atoms with Gasteiger partial charge in [0.25, 0.3) is 0 Å². The first kappa shape index (κ1) is 17.4. The molecular formula is C17H23N3O2S. The van der Waals surface area contributed by atoms with Gasteiger partial charge >= 0.3 is 0 Å². The topological polar surface area (TPSA) is 56.1 Å². The molecule has 2 rings (SSSR count). The third-order valence-electron chi connectivity index (χ3n) is 3.27. The van der Waals surface area contributed by atoms with Gasteiger partial charge in [0.15, 0.2) is 0 Å². The number of hydrogen-bond donors (Lipinski definition) is 1. The number of benzene rings is 1. The van der Waals surface area contributed by atoms with E-state index in [1.807, 2.05) is 55.8 Å². The molecule has 124 valence electrons. The molecule has 0 atom stereocenters. The second-order valence-corrected chi connectivity index (χ2v) is 6.70. The zero-order valence-corrected chi connectivity index (χ0v) is 14.8. The minimum absolute atomic E-state index is 0.00723. The van der Waals surface area contributed by atoms with Crippen LogP contribution in [0.2, 0.25) is 0 Å². The molecule has 0 saturated carbocycles. The van der Waals surface area contributed by atoms with Crippen molar-refractivity contribution in [1.29, 1.82) is 0 Å². The van der Waals surface area contributed by atoms with E-state index in [0.717, 1.165) is 27.9 Å². The number of methoxy groups -OCH3 is 1. The fourth-order valence-electron chi connectivity index (χ4n) is 2.14. The molecule has 1 N–H and O–H groups in total. The molecule has 0 fully saturated rings. The van der Waals surface area contributed by atoms with E-state index in [9.17, 15) is 4.79 Å². The Morgan fingerprint density at radius 2 is 2.04 bits per heavy atom. The van der Waals surface area contributed by atoms with Crippen molar-refractivity contribution in [3.8, 4) is 5.75 Å². The molecule has 1 amide bonds. The lowest BCUT2D eigenvalue weighted by Gasteiger charge is -2.11. The number of carbonyl (C=O) groups excluding carboxylic acids is 1. The van der Waals surface area contributed by atoms with E-state index in [1.54, 1.807) is 18.9 Å². The number of nitrogens with zero attached hydrogens (tertiary/aromatic N) is 2. The van der Waals surface area contributed by atoms with Crippen molar-refractivity contribution in [2.24, 2.45) is 0 Å². The molecular weight excluding hydrogens is 310 g/mol. The van der Waals surface area contributed by atoms with Crippen LogP contribution in [0.5, 0.6) is 5.75 Å². The van der Waals surface area contributed by atoms with Crippen LogP contribution in [-0.2, 0) is 4.79 Å². The summed E-state index contributed by atoms with van der Waals surface area (Å²) in [6.45, 7) is 6.01. The lowest BCUT2D eigenvalue weighted by molar-refractivity contribution is -0.115. The maximum atomic E-state index is 12.1. The fraction of sp³-hybridized carbons (Fsp3) is 0.412. The molecule has 6 heteroatoms. The highest BCUT2D eigenvalue weighted by Crippen LogP contribution is 2.22. The molecule has 1 aromatic heterocycles. The third-order valence-corrected chi connectivity index (χ3v) is 4.29. The summed E-state index contributed by atoms with van der Waals surface area (Å²) in [6, 6.07) is 9.96. The Morgan fingerprint density at radius 1 is 1.35 bits per heavy atom. The van der Waals surface area contributed by atoms with Crippen molar-refractivity contribution in [3.63, 3.8) is 0 Å². The smallest absolute Gasteiger partial charge is 0.226 e. The van der Waals surface area contributed by atoms with E-state index in [4.69, 9.17) is 4.74 Å². The number of amides is 1. The average molecular weight is 333 g/mol. The van der Waals surface area contributed by atoms with Crippen LogP contribution >= 0.6 is 11.8 Å². The van der Waals surface area contributed by atoms with Gasteiger partial charge in [-0.3, -0.25) is 4.79 Å². The van der Waals surface area contributed by atoms with Gasteiger partial charge in [-0.1, -0.05) is 0 Å². The Bertz CT molecular complexity index is 650. The van der Waals surface area contributed by atoms with Gasteiger partial charge in [0.2, 0.25) is 5.91 Å². The van der Waals surface area contributed by atoms with Crippen LogP contribution in [0.15, 0.2) is 35.2 Å². The largest absolute Gasteiger partial charge is 0.497 e. The van der Waals surface area contributed by atoms with Crippen LogP contribution in [0.1, 0.15) is 32.0 Å². The van der Waals surface area contributed by atoms with Crippen molar-refractivity contribution < 1.29 is 9.53 Å². The van der Waals surface area contributed by atoms with Gasteiger partial charge in [-0.15, -0.1) is 11.8 Å². The van der Waals surface area contributed by atoms with Crippen LogP contribution in [0, 0.1) is 6.92 Å².